The Kier molecular flexibility index (Phi) is 6.07. The SMILES string of the molecule is CCOC(=O)[C@H](C)C[C@@H](NC(=O)c1c2ccccc2nc2ccccc12)C(N)=O. The molecule has 29 heavy (non-hydrogen) atoms. The van der Waals surface area contributed by atoms with E-state index < -0.39 is 29.7 Å². The monoisotopic (exact) mass is 393 g/mol. The summed E-state index contributed by atoms with van der Waals surface area (Å²) in [6.07, 6.45) is 0.0564. The smallest absolute Gasteiger partial charge is 0.308 e. The fourth-order valence-corrected chi connectivity index (χ4v) is 3.30. The van der Waals surface area contributed by atoms with Crippen molar-refractivity contribution in [3.8, 4) is 0 Å². The number of fused-ring (bicyclic) bond motifs is 2. The van der Waals surface area contributed by atoms with Gasteiger partial charge in [0.2, 0.25) is 5.91 Å². The predicted octanol–water partition coefficient (Wildman–Crippen LogP) is 2.56. The number of nitrogens with zero attached hydrogens (tertiary/aromatic N) is 1. The number of primary amides is 1. The molecule has 0 bridgehead atoms. The average Bonchev–Trinajstić information content (AvgIpc) is 2.71. The lowest BCUT2D eigenvalue weighted by Gasteiger charge is -2.20. The van der Waals surface area contributed by atoms with Crippen molar-refractivity contribution in [1.82, 2.24) is 10.3 Å². The van der Waals surface area contributed by atoms with Crippen LogP contribution in [0.15, 0.2) is 48.5 Å². The van der Waals surface area contributed by atoms with Gasteiger partial charge in [-0.3, -0.25) is 14.4 Å². The van der Waals surface area contributed by atoms with Gasteiger partial charge in [0, 0.05) is 10.8 Å². The second-order valence-corrected chi connectivity index (χ2v) is 6.84. The lowest BCUT2D eigenvalue weighted by Crippen LogP contribution is -2.46. The maximum absolute atomic E-state index is 13.2. The molecule has 2 amide bonds. The van der Waals surface area contributed by atoms with Crippen LogP contribution in [0.1, 0.15) is 30.6 Å². The molecular weight excluding hydrogens is 370 g/mol. The number of aromatic nitrogens is 1. The van der Waals surface area contributed by atoms with Gasteiger partial charge in [-0.05, 0) is 25.5 Å². The van der Waals surface area contributed by atoms with Gasteiger partial charge in [0.15, 0.2) is 0 Å². The number of hydrogen-bond donors (Lipinski definition) is 2. The number of carbonyl (C=O) groups is 3. The molecular formula is C22H23N3O4. The van der Waals surface area contributed by atoms with E-state index in [4.69, 9.17) is 10.5 Å². The molecule has 1 heterocycles. The number of carbonyl (C=O) groups excluding carboxylic acids is 3. The zero-order valence-corrected chi connectivity index (χ0v) is 16.3. The molecule has 3 rings (SSSR count). The number of esters is 1. The molecule has 0 spiro atoms. The second kappa shape index (κ2) is 8.68. The van der Waals surface area contributed by atoms with Crippen molar-refractivity contribution in [2.24, 2.45) is 11.7 Å². The number of benzene rings is 2. The summed E-state index contributed by atoms with van der Waals surface area (Å²) in [7, 11) is 0. The van der Waals surface area contributed by atoms with Crippen molar-refractivity contribution in [3.63, 3.8) is 0 Å². The highest BCUT2D eigenvalue weighted by molar-refractivity contribution is 6.16. The topological polar surface area (TPSA) is 111 Å². The predicted molar refractivity (Wildman–Crippen MR) is 110 cm³/mol. The normalized spacial score (nSPS) is 13.0. The van der Waals surface area contributed by atoms with Gasteiger partial charge in [-0.1, -0.05) is 43.3 Å². The first-order valence-electron chi connectivity index (χ1n) is 9.46. The van der Waals surface area contributed by atoms with Crippen molar-refractivity contribution < 1.29 is 19.1 Å². The molecule has 7 heteroatoms. The maximum atomic E-state index is 13.2. The molecule has 2 atom stereocenters. The van der Waals surface area contributed by atoms with Gasteiger partial charge in [-0.15, -0.1) is 0 Å². The number of para-hydroxylation sites is 2. The minimum Gasteiger partial charge on any atom is -0.466 e. The molecule has 3 N–H and O–H groups in total. The van der Waals surface area contributed by atoms with Crippen molar-refractivity contribution >= 4 is 39.6 Å². The highest BCUT2D eigenvalue weighted by atomic mass is 16.5. The summed E-state index contributed by atoms with van der Waals surface area (Å²) < 4.78 is 4.98. The van der Waals surface area contributed by atoms with Crippen LogP contribution in [0, 0.1) is 5.92 Å². The molecule has 1 aromatic heterocycles. The Morgan fingerprint density at radius 1 is 1.03 bits per heavy atom. The van der Waals surface area contributed by atoms with Crippen molar-refractivity contribution in [2.75, 3.05) is 6.61 Å². The summed E-state index contributed by atoms with van der Waals surface area (Å²) in [6, 6.07) is 13.6. The van der Waals surface area contributed by atoms with E-state index in [1.807, 2.05) is 48.5 Å². The molecule has 0 saturated carbocycles. The van der Waals surface area contributed by atoms with Crippen LogP contribution in [0.25, 0.3) is 21.8 Å². The molecule has 0 aliphatic heterocycles. The third-order valence-electron chi connectivity index (χ3n) is 4.74. The highest BCUT2D eigenvalue weighted by Crippen LogP contribution is 2.26. The first-order chi connectivity index (χ1) is 13.9. The van der Waals surface area contributed by atoms with Gasteiger partial charge in [-0.2, -0.15) is 0 Å². The number of hydrogen-bond acceptors (Lipinski definition) is 5. The maximum Gasteiger partial charge on any atom is 0.308 e. The molecule has 2 aromatic carbocycles. The van der Waals surface area contributed by atoms with E-state index in [0.717, 1.165) is 0 Å². The molecule has 0 unspecified atom stereocenters. The van der Waals surface area contributed by atoms with E-state index >= 15 is 0 Å². The lowest BCUT2D eigenvalue weighted by molar-refractivity contribution is -0.147. The molecule has 3 aromatic rings. The zero-order valence-electron chi connectivity index (χ0n) is 16.3. The van der Waals surface area contributed by atoms with Crippen molar-refractivity contribution in [1.29, 1.82) is 0 Å². The number of ether oxygens (including phenoxy) is 1. The fraction of sp³-hybridized carbons (Fsp3) is 0.273. The summed E-state index contributed by atoms with van der Waals surface area (Å²) in [6.45, 7) is 3.58. The van der Waals surface area contributed by atoms with Crippen molar-refractivity contribution in [2.45, 2.75) is 26.3 Å². The van der Waals surface area contributed by atoms with Gasteiger partial charge >= 0.3 is 5.97 Å². The Morgan fingerprint density at radius 3 is 2.10 bits per heavy atom. The number of amides is 2. The summed E-state index contributed by atoms with van der Waals surface area (Å²) in [5.41, 5.74) is 7.26. The van der Waals surface area contributed by atoms with E-state index in [0.29, 0.717) is 27.4 Å². The van der Waals surface area contributed by atoms with Crippen molar-refractivity contribution in [3.05, 3.63) is 54.1 Å². The van der Waals surface area contributed by atoms with Gasteiger partial charge in [-0.25, -0.2) is 4.98 Å². The second-order valence-electron chi connectivity index (χ2n) is 6.84. The quantitative estimate of drug-likeness (QED) is 0.473. The third-order valence-corrected chi connectivity index (χ3v) is 4.74. The number of pyridine rings is 1. The Bertz CT molecular complexity index is 1030. The van der Waals surface area contributed by atoms with Gasteiger partial charge in [0.25, 0.3) is 5.91 Å². The molecule has 0 radical (unpaired) electrons. The summed E-state index contributed by atoms with van der Waals surface area (Å²) in [5.74, 6) is -2.18. The molecule has 0 aliphatic rings. The van der Waals surface area contributed by atoms with Crippen LogP contribution in [0.3, 0.4) is 0 Å². The van der Waals surface area contributed by atoms with E-state index in [9.17, 15) is 14.4 Å². The van der Waals surface area contributed by atoms with Gasteiger partial charge in [0.05, 0.1) is 29.1 Å². The van der Waals surface area contributed by atoms with E-state index in [1.165, 1.54) is 0 Å². The Morgan fingerprint density at radius 2 is 1.59 bits per heavy atom. The van der Waals surface area contributed by atoms with Crippen LogP contribution in [0.2, 0.25) is 0 Å². The molecule has 7 nitrogen and oxygen atoms in total. The molecule has 0 fully saturated rings. The first-order valence-corrected chi connectivity index (χ1v) is 9.46. The first kappa shape index (κ1) is 20.3. The Balaban J connectivity index is 1.97. The van der Waals surface area contributed by atoms with Crippen LogP contribution >= 0.6 is 0 Å². The number of nitrogens with one attached hydrogen (secondary N) is 1. The van der Waals surface area contributed by atoms with E-state index in [1.54, 1.807) is 13.8 Å². The number of rotatable bonds is 7. The van der Waals surface area contributed by atoms with Gasteiger partial charge in [0.1, 0.15) is 6.04 Å². The Labute approximate surface area is 168 Å². The molecule has 0 saturated heterocycles. The van der Waals surface area contributed by atoms with Crippen LogP contribution < -0.4 is 11.1 Å². The van der Waals surface area contributed by atoms with Crippen LogP contribution in [0.4, 0.5) is 0 Å². The number of nitrogens with two attached hydrogens (primary N) is 1. The largest absolute Gasteiger partial charge is 0.466 e. The standard InChI is InChI=1S/C22H23N3O4/c1-3-29-22(28)13(2)12-18(20(23)26)25-21(27)19-14-8-4-6-10-16(14)24-17-11-7-5-9-15(17)19/h4-11,13,18H,3,12H2,1-2H3,(H2,23,26)(H,25,27)/t13-,18-/m1/s1. The minimum atomic E-state index is -1.01. The summed E-state index contributed by atoms with van der Waals surface area (Å²) in [5, 5.41) is 4.04. The van der Waals surface area contributed by atoms with Gasteiger partial charge < -0.3 is 15.8 Å². The molecule has 0 aliphatic carbocycles. The Hall–Kier alpha value is -3.48. The lowest BCUT2D eigenvalue weighted by atomic mass is 9.99. The van der Waals surface area contributed by atoms with Crippen LogP contribution in [-0.2, 0) is 14.3 Å². The summed E-state index contributed by atoms with van der Waals surface area (Å²) in [4.78, 5) is 41.7. The fourth-order valence-electron chi connectivity index (χ4n) is 3.30. The average molecular weight is 393 g/mol. The van der Waals surface area contributed by atoms with E-state index in [2.05, 4.69) is 10.3 Å². The van der Waals surface area contributed by atoms with E-state index in [-0.39, 0.29) is 13.0 Å². The zero-order chi connectivity index (χ0) is 21.0. The van der Waals surface area contributed by atoms with Crippen LogP contribution in [0.5, 0.6) is 0 Å². The minimum absolute atomic E-state index is 0.0564. The highest BCUT2D eigenvalue weighted by Gasteiger charge is 2.27. The molecule has 150 valence electrons. The third kappa shape index (κ3) is 4.34. The van der Waals surface area contributed by atoms with Crippen LogP contribution in [-0.4, -0.2) is 35.4 Å². The summed E-state index contributed by atoms with van der Waals surface area (Å²) >= 11 is 0.